The van der Waals surface area contributed by atoms with E-state index >= 15 is 0 Å². The molecule has 0 aliphatic rings. The molecular formula is C20H20N2O2. The van der Waals surface area contributed by atoms with E-state index in [2.05, 4.69) is 0 Å². The van der Waals surface area contributed by atoms with Crippen LogP contribution in [0.2, 0.25) is 0 Å². The molecule has 0 heterocycles. The van der Waals surface area contributed by atoms with Gasteiger partial charge in [0.15, 0.2) is 0 Å². The highest BCUT2D eigenvalue weighted by atomic mass is 16.5. The normalized spacial score (nSPS) is 10.4. The summed E-state index contributed by atoms with van der Waals surface area (Å²) >= 11 is 0. The lowest BCUT2D eigenvalue weighted by Gasteiger charge is -2.15. The highest BCUT2D eigenvalue weighted by molar-refractivity contribution is 5.95. The Kier molecular flexibility index (Phi) is 4.29. The largest absolute Gasteiger partial charge is 0.497 e. The average molecular weight is 320 g/mol. The molecular weight excluding hydrogens is 300 g/mol. The zero-order valence-electron chi connectivity index (χ0n) is 13.7. The summed E-state index contributed by atoms with van der Waals surface area (Å²) in [5, 5.41) is 0. The minimum Gasteiger partial charge on any atom is -0.497 e. The van der Waals surface area contributed by atoms with Crippen molar-refractivity contribution in [2.24, 2.45) is 0 Å². The van der Waals surface area contributed by atoms with Gasteiger partial charge in [0.25, 0.3) is 0 Å². The monoisotopic (exact) mass is 320 g/mol. The summed E-state index contributed by atoms with van der Waals surface area (Å²) in [4.78, 5) is 0. The van der Waals surface area contributed by atoms with Crippen LogP contribution in [0, 0.1) is 0 Å². The van der Waals surface area contributed by atoms with Crippen LogP contribution in [0.15, 0.2) is 60.7 Å². The van der Waals surface area contributed by atoms with E-state index in [0.29, 0.717) is 11.4 Å². The molecule has 0 saturated carbocycles. The third-order valence-electron chi connectivity index (χ3n) is 4.06. The van der Waals surface area contributed by atoms with Crippen LogP contribution in [0.4, 0.5) is 11.4 Å². The summed E-state index contributed by atoms with van der Waals surface area (Å²) in [7, 11) is 3.30. The SMILES string of the molecule is COc1ccc(-c2ccc(N)c(N)c2-c2ccc(OC)cc2)cc1. The summed E-state index contributed by atoms with van der Waals surface area (Å²) in [6, 6.07) is 19.5. The van der Waals surface area contributed by atoms with E-state index < -0.39 is 0 Å². The number of ether oxygens (including phenoxy) is 2. The van der Waals surface area contributed by atoms with Crippen molar-refractivity contribution in [3.05, 3.63) is 60.7 Å². The third kappa shape index (κ3) is 2.86. The zero-order valence-corrected chi connectivity index (χ0v) is 13.7. The molecule has 0 radical (unpaired) electrons. The van der Waals surface area contributed by atoms with Gasteiger partial charge in [0.1, 0.15) is 11.5 Å². The van der Waals surface area contributed by atoms with E-state index in [0.717, 1.165) is 33.8 Å². The minimum absolute atomic E-state index is 0.568. The Bertz CT molecular complexity index is 841. The summed E-state index contributed by atoms with van der Waals surface area (Å²) in [5.41, 5.74) is 17.5. The van der Waals surface area contributed by atoms with Crippen LogP contribution in [0.25, 0.3) is 22.3 Å². The van der Waals surface area contributed by atoms with Gasteiger partial charge in [-0.1, -0.05) is 30.3 Å². The maximum Gasteiger partial charge on any atom is 0.118 e. The Morgan fingerprint density at radius 3 is 1.62 bits per heavy atom. The molecule has 0 bridgehead atoms. The van der Waals surface area contributed by atoms with Gasteiger partial charge < -0.3 is 20.9 Å². The van der Waals surface area contributed by atoms with E-state index in [4.69, 9.17) is 20.9 Å². The Morgan fingerprint density at radius 2 is 1.12 bits per heavy atom. The first-order valence-corrected chi connectivity index (χ1v) is 7.61. The Hall–Kier alpha value is -3.14. The second-order valence-corrected chi connectivity index (χ2v) is 5.45. The van der Waals surface area contributed by atoms with Crippen LogP contribution < -0.4 is 20.9 Å². The molecule has 3 rings (SSSR count). The van der Waals surface area contributed by atoms with Crippen LogP contribution in [0.3, 0.4) is 0 Å². The van der Waals surface area contributed by atoms with E-state index in [-0.39, 0.29) is 0 Å². The fraction of sp³-hybridized carbons (Fsp3) is 0.100. The van der Waals surface area contributed by atoms with Gasteiger partial charge in [0.2, 0.25) is 0 Å². The van der Waals surface area contributed by atoms with Gasteiger partial charge >= 0.3 is 0 Å². The van der Waals surface area contributed by atoms with Crippen molar-refractivity contribution in [2.45, 2.75) is 0 Å². The number of nitrogens with two attached hydrogens (primary N) is 2. The van der Waals surface area contributed by atoms with Crippen molar-refractivity contribution in [1.29, 1.82) is 0 Å². The predicted octanol–water partition coefficient (Wildman–Crippen LogP) is 4.20. The highest BCUT2D eigenvalue weighted by Crippen LogP contribution is 2.40. The molecule has 0 atom stereocenters. The quantitative estimate of drug-likeness (QED) is 0.707. The Balaban J connectivity index is 2.17. The van der Waals surface area contributed by atoms with Crippen molar-refractivity contribution in [1.82, 2.24) is 0 Å². The van der Waals surface area contributed by atoms with Crippen molar-refractivity contribution < 1.29 is 9.47 Å². The summed E-state index contributed by atoms with van der Waals surface area (Å²) in [5.74, 6) is 1.61. The smallest absolute Gasteiger partial charge is 0.118 e. The first-order valence-electron chi connectivity index (χ1n) is 7.61. The molecule has 0 saturated heterocycles. The summed E-state index contributed by atoms with van der Waals surface area (Å²) < 4.78 is 10.5. The van der Waals surface area contributed by atoms with Gasteiger partial charge in [-0.3, -0.25) is 0 Å². The number of benzene rings is 3. The standard InChI is InChI=1S/C20H20N2O2/c1-23-15-7-3-13(4-8-15)17-11-12-18(21)20(22)19(17)14-5-9-16(24-2)10-6-14/h3-12H,21-22H2,1-2H3. The molecule has 0 amide bonds. The number of hydrogen-bond donors (Lipinski definition) is 2. The second kappa shape index (κ2) is 6.54. The number of nitrogen functional groups attached to an aromatic ring is 2. The van der Waals surface area contributed by atoms with Gasteiger partial charge in [-0.2, -0.15) is 0 Å². The topological polar surface area (TPSA) is 70.5 Å². The van der Waals surface area contributed by atoms with Gasteiger partial charge in [-0.05, 0) is 47.0 Å². The molecule has 0 aliphatic carbocycles. The van der Waals surface area contributed by atoms with Crippen molar-refractivity contribution in [2.75, 3.05) is 25.7 Å². The van der Waals surface area contributed by atoms with E-state index in [1.807, 2.05) is 60.7 Å². The fourth-order valence-electron chi connectivity index (χ4n) is 2.72. The zero-order chi connectivity index (χ0) is 17.1. The number of methoxy groups -OCH3 is 2. The highest BCUT2D eigenvalue weighted by Gasteiger charge is 2.13. The lowest BCUT2D eigenvalue weighted by Crippen LogP contribution is -1.99. The molecule has 0 fully saturated rings. The van der Waals surface area contributed by atoms with E-state index in [1.165, 1.54) is 0 Å². The van der Waals surface area contributed by atoms with Gasteiger partial charge in [0, 0.05) is 5.56 Å². The van der Waals surface area contributed by atoms with Gasteiger partial charge in [0.05, 0.1) is 25.6 Å². The maximum absolute atomic E-state index is 6.30. The lowest BCUT2D eigenvalue weighted by atomic mass is 9.92. The van der Waals surface area contributed by atoms with E-state index in [9.17, 15) is 0 Å². The molecule has 0 aromatic heterocycles. The number of anilines is 2. The second-order valence-electron chi connectivity index (χ2n) is 5.45. The van der Waals surface area contributed by atoms with Crippen LogP contribution in [0.5, 0.6) is 11.5 Å². The first-order chi connectivity index (χ1) is 11.6. The summed E-state index contributed by atoms with van der Waals surface area (Å²) in [6.45, 7) is 0. The fourth-order valence-corrected chi connectivity index (χ4v) is 2.72. The van der Waals surface area contributed by atoms with Crippen LogP contribution in [-0.2, 0) is 0 Å². The Labute approximate surface area is 141 Å². The lowest BCUT2D eigenvalue weighted by molar-refractivity contribution is 0.414. The molecule has 4 N–H and O–H groups in total. The molecule has 3 aromatic carbocycles. The van der Waals surface area contributed by atoms with Crippen LogP contribution >= 0.6 is 0 Å². The number of rotatable bonds is 4. The van der Waals surface area contributed by atoms with Gasteiger partial charge in [-0.25, -0.2) is 0 Å². The predicted molar refractivity (Wildman–Crippen MR) is 99.2 cm³/mol. The molecule has 0 unspecified atom stereocenters. The van der Waals surface area contributed by atoms with E-state index in [1.54, 1.807) is 14.2 Å². The van der Waals surface area contributed by atoms with Crippen molar-refractivity contribution in [3.63, 3.8) is 0 Å². The maximum atomic E-state index is 6.30. The Morgan fingerprint density at radius 1 is 0.625 bits per heavy atom. The number of hydrogen-bond acceptors (Lipinski definition) is 4. The van der Waals surface area contributed by atoms with Crippen molar-refractivity contribution >= 4 is 11.4 Å². The molecule has 24 heavy (non-hydrogen) atoms. The molecule has 4 nitrogen and oxygen atoms in total. The first kappa shape index (κ1) is 15.7. The molecule has 3 aromatic rings. The third-order valence-corrected chi connectivity index (χ3v) is 4.06. The minimum atomic E-state index is 0.568. The average Bonchev–Trinajstić information content (AvgIpc) is 2.64. The van der Waals surface area contributed by atoms with Crippen LogP contribution in [0.1, 0.15) is 0 Å². The molecule has 0 aliphatic heterocycles. The van der Waals surface area contributed by atoms with Crippen molar-refractivity contribution in [3.8, 4) is 33.8 Å². The molecule has 0 spiro atoms. The molecule has 4 heteroatoms. The van der Waals surface area contributed by atoms with Gasteiger partial charge in [-0.15, -0.1) is 0 Å². The van der Waals surface area contributed by atoms with Crippen LogP contribution in [-0.4, -0.2) is 14.2 Å². The molecule has 122 valence electrons. The summed E-state index contributed by atoms with van der Waals surface area (Å²) in [6.07, 6.45) is 0.